The number of carboxylic acids is 1. The molecule has 3 aromatic rings. The number of rotatable bonds is 4. The van der Waals surface area contributed by atoms with Crippen LogP contribution in [0.4, 0.5) is 5.69 Å². The molecule has 4 nitrogen and oxygen atoms in total. The van der Waals surface area contributed by atoms with Gasteiger partial charge in [-0.25, -0.2) is 4.79 Å². The maximum atomic E-state index is 11.2. The first-order chi connectivity index (χ1) is 12.0. The monoisotopic (exact) mass is 352 g/mol. The van der Waals surface area contributed by atoms with Gasteiger partial charge >= 0.3 is 5.97 Å². The van der Waals surface area contributed by atoms with Crippen LogP contribution in [-0.2, 0) is 0 Å². The van der Waals surface area contributed by atoms with Crippen LogP contribution in [-0.4, -0.2) is 21.9 Å². The normalized spacial score (nSPS) is 11.2. The zero-order valence-corrected chi connectivity index (χ0v) is 14.7. The van der Waals surface area contributed by atoms with Crippen molar-refractivity contribution in [1.29, 1.82) is 0 Å². The highest BCUT2D eigenvalue weighted by atomic mass is 35.5. The largest absolute Gasteiger partial charge is 0.478 e. The first-order valence-electron chi connectivity index (χ1n) is 7.78. The van der Waals surface area contributed by atoms with Crippen molar-refractivity contribution in [1.82, 2.24) is 4.57 Å². The van der Waals surface area contributed by atoms with E-state index < -0.39 is 5.97 Å². The van der Waals surface area contributed by atoms with E-state index in [1.54, 1.807) is 18.3 Å². The molecule has 0 amide bonds. The van der Waals surface area contributed by atoms with Crippen molar-refractivity contribution in [3.05, 3.63) is 82.1 Å². The summed E-state index contributed by atoms with van der Waals surface area (Å²) in [6.07, 6.45) is 1.75. The van der Waals surface area contributed by atoms with Crippen LogP contribution in [0.2, 0.25) is 5.02 Å². The lowest BCUT2D eigenvalue weighted by Crippen LogP contribution is -1.99. The smallest absolute Gasteiger partial charge is 0.337 e. The highest BCUT2D eigenvalue weighted by Crippen LogP contribution is 2.24. The average molecular weight is 353 g/mol. The first-order valence-corrected chi connectivity index (χ1v) is 8.16. The van der Waals surface area contributed by atoms with Gasteiger partial charge in [0.1, 0.15) is 0 Å². The Labute approximate surface area is 151 Å². The summed E-state index contributed by atoms with van der Waals surface area (Å²) in [5, 5.41) is 9.35. The van der Waals surface area contributed by atoms with Crippen molar-refractivity contribution in [2.45, 2.75) is 13.8 Å². The summed E-state index contributed by atoms with van der Waals surface area (Å²) in [4.78, 5) is 15.6. The first kappa shape index (κ1) is 17.0. The number of aryl methyl sites for hydroxylation is 1. The zero-order chi connectivity index (χ0) is 18.0. The average Bonchev–Trinajstić information content (AvgIpc) is 2.88. The number of halogens is 1. The third-order valence-electron chi connectivity index (χ3n) is 4.02. The Morgan fingerprint density at radius 2 is 1.84 bits per heavy atom. The summed E-state index contributed by atoms with van der Waals surface area (Å²) in [5.74, 6) is -1.07. The van der Waals surface area contributed by atoms with Gasteiger partial charge in [0.2, 0.25) is 0 Å². The number of benzene rings is 2. The van der Waals surface area contributed by atoms with Gasteiger partial charge in [0, 0.05) is 28.9 Å². The minimum Gasteiger partial charge on any atom is -0.478 e. The van der Waals surface area contributed by atoms with E-state index in [4.69, 9.17) is 16.7 Å². The second kappa shape index (κ2) is 6.95. The minimum absolute atomic E-state index is 0.0473. The third-order valence-corrected chi connectivity index (χ3v) is 4.35. The molecule has 0 aliphatic rings. The van der Waals surface area contributed by atoms with Crippen LogP contribution in [0.15, 0.2) is 59.6 Å². The van der Waals surface area contributed by atoms with E-state index in [0.29, 0.717) is 5.69 Å². The van der Waals surface area contributed by atoms with Gasteiger partial charge < -0.3 is 9.67 Å². The van der Waals surface area contributed by atoms with Crippen molar-refractivity contribution in [3.8, 4) is 5.69 Å². The lowest BCUT2D eigenvalue weighted by atomic mass is 10.2. The molecule has 0 radical (unpaired) electrons. The molecule has 0 aliphatic heterocycles. The van der Waals surface area contributed by atoms with E-state index >= 15 is 0 Å². The number of hydrogen-bond donors (Lipinski definition) is 1. The van der Waals surface area contributed by atoms with Crippen LogP contribution in [0.25, 0.3) is 5.69 Å². The summed E-state index contributed by atoms with van der Waals surface area (Å²) in [7, 11) is 0. The molecule has 1 N–H and O–H groups in total. The van der Waals surface area contributed by atoms with Gasteiger partial charge in [-0.3, -0.25) is 4.99 Å². The molecule has 0 aliphatic carbocycles. The van der Waals surface area contributed by atoms with Crippen molar-refractivity contribution < 1.29 is 9.90 Å². The Balaban J connectivity index is 1.96. The maximum Gasteiger partial charge on any atom is 0.337 e. The molecule has 1 heterocycles. The summed E-state index contributed by atoms with van der Waals surface area (Å²) < 4.78 is 2.16. The number of carboxylic acid groups (broad SMARTS) is 1. The predicted molar refractivity (Wildman–Crippen MR) is 101 cm³/mol. The van der Waals surface area contributed by atoms with Gasteiger partial charge in [0.05, 0.1) is 16.3 Å². The third kappa shape index (κ3) is 3.49. The Morgan fingerprint density at radius 3 is 2.52 bits per heavy atom. The Bertz CT molecular complexity index is 959. The summed E-state index contributed by atoms with van der Waals surface area (Å²) in [6.45, 7) is 4.08. The van der Waals surface area contributed by atoms with Gasteiger partial charge in [-0.1, -0.05) is 29.8 Å². The maximum absolute atomic E-state index is 11.2. The lowest BCUT2D eigenvalue weighted by molar-refractivity contribution is 0.0697. The SMILES string of the molecule is Cc1cc(C=Nc2ccc(Cl)c(C(=O)O)c2)c(C)n1-c1ccccc1. The molecular weight excluding hydrogens is 336 g/mol. The minimum atomic E-state index is -1.07. The van der Waals surface area contributed by atoms with Gasteiger partial charge in [-0.2, -0.15) is 0 Å². The molecule has 25 heavy (non-hydrogen) atoms. The highest BCUT2D eigenvalue weighted by molar-refractivity contribution is 6.33. The number of aromatic carboxylic acids is 1. The topological polar surface area (TPSA) is 54.6 Å². The van der Waals surface area contributed by atoms with E-state index in [9.17, 15) is 4.79 Å². The van der Waals surface area contributed by atoms with Crippen LogP contribution >= 0.6 is 11.6 Å². The summed E-state index contributed by atoms with van der Waals surface area (Å²) in [5.41, 5.74) is 4.84. The molecule has 0 saturated heterocycles. The fourth-order valence-corrected chi connectivity index (χ4v) is 2.99. The van der Waals surface area contributed by atoms with Crippen LogP contribution in [0.1, 0.15) is 27.3 Å². The zero-order valence-electron chi connectivity index (χ0n) is 13.9. The van der Waals surface area contributed by atoms with Crippen LogP contribution < -0.4 is 0 Å². The lowest BCUT2D eigenvalue weighted by Gasteiger charge is -2.09. The molecule has 0 unspecified atom stereocenters. The van der Waals surface area contributed by atoms with E-state index in [0.717, 1.165) is 22.6 Å². The Hall–Kier alpha value is -2.85. The van der Waals surface area contributed by atoms with Gasteiger partial charge in [-0.05, 0) is 50.2 Å². The Kier molecular flexibility index (Phi) is 4.72. The summed E-state index contributed by atoms with van der Waals surface area (Å²) >= 11 is 5.89. The van der Waals surface area contributed by atoms with Crippen LogP contribution in [0, 0.1) is 13.8 Å². The Morgan fingerprint density at radius 1 is 1.12 bits per heavy atom. The highest BCUT2D eigenvalue weighted by Gasteiger charge is 2.10. The molecule has 0 atom stereocenters. The van der Waals surface area contributed by atoms with Gasteiger partial charge in [-0.15, -0.1) is 0 Å². The number of para-hydroxylation sites is 1. The number of nitrogens with zero attached hydrogens (tertiary/aromatic N) is 2. The van der Waals surface area contributed by atoms with E-state index in [1.807, 2.05) is 32.0 Å². The standard InChI is InChI=1S/C20H17ClN2O2/c1-13-10-15(14(2)23(13)17-6-4-3-5-7-17)12-22-16-8-9-19(21)18(11-16)20(24)25/h3-12H,1-2H3,(H,24,25). The molecule has 0 spiro atoms. The number of carbonyl (C=O) groups is 1. The molecule has 0 saturated carbocycles. The quantitative estimate of drug-likeness (QED) is 0.656. The molecule has 5 heteroatoms. The van der Waals surface area contributed by atoms with Crippen LogP contribution in [0.5, 0.6) is 0 Å². The second-order valence-electron chi connectivity index (χ2n) is 5.72. The van der Waals surface area contributed by atoms with E-state index in [2.05, 4.69) is 27.8 Å². The number of aromatic nitrogens is 1. The van der Waals surface area contributed by atoms with Crippen LogP contribution in [0.3, 0.4) is 0 Å². The van der Waals surface area contributed by atoms with E-state index in [1.165, 1.54) is 6.07 Å². The molecule has 126 valence electrons. The van der Waals surface area contributed by atoms with Crippen molar-refractivity contribution in [2.75, 3.05) is 0 Å². The number of aliphatic imine (C=N–C) groups is 1. The number of hydrogen-bond acceptors (Lipinski definition) is 2. The summed E-state index contributed by atoms with van der Waals surface area (Å²) in [6, 6.07) is 16.9. The van der Waals surface area contributed by atoms with E-state index in [-0.39, 0.29) is 10.6 Å². The van der Waals surface area contributed by atoms with Gasteiger partial charge in [0.25, 0.3) is 0 Å². The van der Waals surface area contributed by atoms with Crippen molar-refractivity contribution in [3.63, 3.8) is 0 Å². The molecule has 1 aromatic heterocycles. The van der Waals surface area contributed by atoms with Crippen molar-refractivity contribution >= 4 is 29.5 Å². The fourth-order valence-electron chi connectivity index (χ4n) is 2.79. The predicted octanol–water partition coefficient (Wildman–Crippen LogP) is 5.20. The molecule has 3 rings (SSSR count). The van der Waals surface area contributed by atoms with Crippen molar-refractivity contribution in [2.24, 2.45) is 4.99 Å². The van der Waals surface area contributed by atoms with Gasteiger partial charge in [0.15, 0.2) is 0 Å². The molecular formula is C20H17ClN2O2. The molecule has 0 fully saturated rings. The molecule has 2 aromatic carbocycles. The molecule has 0 bridgehead atoms. The second-order valence-corrected chi connectivity index (χ2v) is 6.13. The fraction of sp³-hybridized carbons (Fsp3) is 0.100.